The van der Waals surface area contributed by atoms with Crippen LogP contribution in [0.2, 0.25) is 0 Å². The van der Waals surface area contributed by atoms with Crippen molar-refractivity contribution in [2.45, 2.75) is 32.9 Å². The van der Waals surface area contributed by atoms with Gasteiger partial charge in [-0.05, 0) is 40.9 Å². The molecule has 0 bridgehead atoms. The summed E-state index contributed by atoms with van der Waals surface area (Å²) in [5.41, 5.74) is 1.22. The van der Waals surface area contributed by atoms with Crippen LogP contribution in [0.3, 0.4) is 0 Å². The Morgan fingerprint density at radius 3 is 2.92 bits per heavy atom. The van der Waals surface area contributed by atoms with Gasteiger partial charge in [-0.15, -0.1) is 0 Å². The lowest BCUT2D eigenvalue weighted by Crippen LogP contribution is -2.24. The van der Waals surface area contributed by atoms with Gasteiger partial charge in [0.2, 0.25) is 0 Å². The van der Waals surface area contributed by atoms with Crippen LogP contribution >= 0.6 is 15.9 Å². The molecule has 1 heterocycles. The molecular formula is C10H15BrN2. The number of pyridine rings is 1. The van der Waals surface area contributed by atoms with Crippen LogP contribution in [0.4, 0.5) is 0 Å². The van der Waals surface area contributed by atoms with Crippen LogP contribution in [0, 0.1) is 0 Å². The largest absolute Gasteiger partial charge is 0.310 e. The van der Waals surface area contributed by atoms with Gasteiger partial charge in [-0.3, -0.25) is 4.98 Å². The minimum Gasteiger partial charge on any atom is -0.310 e. The molecule has 0 fully saturated rings. The van der Waals surface area contributed by atoms with E-state index < -0.39 is 0 Å². The first-order valence-corrected chi connectivity index (χ1v) is 5.34. The molecule has 1 atom stereocenters. The first kappa shape index (κ1) is 10.7. The zero-order valence-electron chi connectivity index (χ0n) is 8.05. The third kappa shape index (κ3) is 3.87. The van der Waals surface area contributed by atoms with Crippen molar-refractivity contribution in [3.63, 3.8) is 0 Å². The molecule has 0 saturated carbocycles. The molecule has 0 aliphatic rings. The van der Waals surface area contributed by atoms with E-state index in [-0.39, 0.29) is 0 Å². The molecule has 72 valence electrons. The highest BCUT2D eigenvalue weighted by molar-refractivity contribution is 9.10. The first-order valence-electron chi connectivity index (χ1n) is 4.55. The van der Waals surface area contributed by atoms with E-state index in [2.05, 4.69) is 46.1 Å². The Morgan fingerprint density at radius 2 is 2.31 bits per heavy atom. The quantitative estimate of drug-likeness (QED) is 0.879. The fraction of sp³-hybridized carbons (Fsp3) is 0.500. The molecule has 1 aromatic heterocycles. The minimum absolute atomic E-state index is 0.569. The summed E-state index contributed by atoms with van der Waals surface area (Å²) in [6.07, 6.45) is 4.84. The number of halogens is 1. The van der Waals surface area contributed by atoms with E-state index >= 15 is 0 Å². The van der Waals surface area contributed by atoms with E-state index in [1.807, 2.05) is 6.20 Å². The van der Waals surface area contributed by atoms with E-state index in [1.54, 1.807) is 6.20 Å². The number of hydrogen-bond donors (Lipinski definition) is 1. The number of aromatic nitrogens is 1. The van der Waals surface area contributed by atoms with Crippen molar-refractivity contribution in [2.24, 2.45) is 0 Å². The highest BCUT2D eigenvalue weighted by atomic mass is 79.9. The fourth-order valence-electron chi connectivity index (χ4n) is 0.989. The summed E-state index contributed by atoms with van der Waals surface area (Å²) in [6.45, 7) is 5.25. The van der Waals surface area contributed by atoms with Gasteiger partial charge in [0.05, 0.1) is 0 Å². The van der Waals surface area contributed by atoms with Crippen LogP contribution in [0.1, 0.15) is 25.8 Å². The summed E-state index contributed by atoms with van der Waals surface area (Å²) in [5.74, 6) is 0. The van der Waals surface area contributed by atoms with Gasteiger partial charge < -0.3 is 5.32 Å². The molecule has 0 amide bonds. The van der Waals surface area contributed by atoms with Crippen molar-refractivity contribution in [1.29, 1.82) is 0 Å². The zero-order chi connectivity index (χ0) is 9.68. The lowest BCUT2D eigenvalue weighted by Gasteiger charge is -2.10. The summed E-state index contributed by atoms with van der Waals surface area (Å²) >= 11 is 3.40. The Morgan fingerprint density at radius 1 is 1.54 bits per heavy atom. The van der Waals surface area contributed by atoms with Crippen LogP contribution in [-0.2, 0) is 6.54 Å². The Hall–Kier alpha value is -0.410. The second-order valence-electron chi connectivity index (χ2n) is 3.20. The monoisotopic (exact) mass is 242 g/mol. The van der Waals surface area contributed by atoms with E-state index in [1.165, 1.54) is 5.56 Å². The second kappa shape index (κ2) is 5.35. The SMILES string of the molecule is CCC(C)NCc1cncc(Br)c1. The Balaban J connectivity index is 2.45. The molecule has 0 saturated heterocycles. The second-order valence-corrected chi connectivity index (χ2v) is 4.12. The van der Waals surface area contributed by atoms with Gasteiger partial charge in [0.1, 0.15) is 0 Å². The van der Waals surface area contributed by atoms with Crippen molar-refractivity contribution in [1.82, 2.24) is 10.3 Å². The average Bonchev–Trinajstić information content (AvgIpc) is 2.14. The third-order valence-corrected chi connectivity index (χ3v) is 2.46. The van der Waals surface area contributed by atoms with Crippen molar-refractivity contribution in [2.75, 3.05) is 0 Å². The van der Waals surface area contributed by atoms with Crippen LogP contribution in [-0.4, -0.2) is 11.0 Å². The Kier molecular flexibility index (Phi) is 4.39. The maximum atomic E-state index is 4.10. The summed E-state index contributed by atoms with van der Waals surface area (Å²) in [4.78, 5) is 4.10. The molecule has 0 spiro atoms. The van der Waals surface area contributed by atoms with Gasteiger partial charge in [-0.25, -0.2) is 0 Å². The highest BCUT2D eigenvalue weighted by Crippen LogP contribution is 2.09. The van der Waals surface area contributed by atoms with Gasteiger partial charge in [0, 0.05) is 29.5 Å². The van der Waals surface area contributed by atoms with Crippen molar-refractivity contribution >= 4 is 15.9 Å². The number of nitrogens with zero attached hydrogens (tertiary/aromatic N) is 1. The molecule has 0 aromatic carbocycles. The Bertz CT molecular complexity index is 263. The highest BCUT2D eigenvalue weighted by Gasteiger charge is 1.98. The minimum atomic E-state index is 0.569. The topological polar surface area (TPSA) is 24.9 Å². The standard InChI is InChI=1S/C10H15BrN2/c1-3-8(2)13-6-9-4-10(11)7-12-5-9/h4-5,7-8,13H,3,6H2,1-2H3. The van der Waals surface area contributed by atoms with Gasteiger partial charge in [-0.1, -0.05) is 6.92 Å². The number of hydrogen-bond acceptors (Lipinski definition) is 2. The molecule has 1 unspecified atom stereocenters. The van der Waals surface area contributed by atoms with Gasteiger partial charge in [-0.2, -0.15) is 0 Å². The molecular weight excluding hydrogens is 228 g/mol. The molecule has 13 heavy (non-hydrogen) atoms. The van der Waals surface area contributed by atoms with Crippen molar-refractivity contribution < 1.29 is 0 Å². The maximum absolute atomic E-state index is 4.10. The molecule has 0 radical (unpaired) electrons. The molecule has 0 aliphatic carbocycles. The lowest BCUT2D eigenvalue weighted by molar-refractivity contribution is 0.533. The predicted molar refractivity (Wildman–Crippen MR) is 58.5 cm³/mol. The van der Waals surface area contributed by atoms with Crippen molar-refractivity contribution in [3.05, 3.63) is 28.5 Å². The van der Waals surface area contributed by atoms with Crippen LogP contribution in [0.25, 0.3) is 0 Å². The molecule has 2 nitrogen and oxygen atoms in total. The van der Waals surface area contributed by atoms with E-state index in [0.717, 1.165) is 17.4 Å². The predicted octanol–water partition coefficient (Wildman–Crippen LogP) is 2.73. The average molecular weight is 243 g/mol. The molecule has 0 aliphatic heterocycles. The summed E-state index contributed by atoms with van der Waals surface area (Å²) in [6, 6.07) is 2.65. The van der Waals surface area contributed by atoms with E-state index in [0.29, 0.717) is 6.04 Å². The maximum Gasteiger partial charge on any atom is 0.0410 e. The zero-order valence-corrected chi connectivity index (χ0v) is 9.63. The summed E-state index contributed by atoms with van der Waals surface area (Å²) < 4.78 is 1.04. The Labute approximate surface area is 87.9 Å². The van der Waals surface area contributed by atoms with Gasteiger partial charge in [0.15, 0.2) is 0 Å². The third-order valence-electron chi connectivity index (χ3n) is 2.03. The summed E-state index contributed by atoms with van der Waals surface area (Å²) in [7, 11) is 0. The van der Waals surface area contributed by atoms with Crippen LogP contribution in [0.5, 0.6) is 0 Å². The number of rotatable bonds is 4. The van der Waals surface area contributed by atoms with Crippen molar-refractivity contribution in [3.8, 4) is 0 Å². The first-order chi connectivity index (χ1) is 6.22. The normalized spacial score (nSPS) is 12.8. The molecule has 1 aromatic rings. The summed E-state index contributed by atoms with van der Waals surface area (Å²) in [5, 5.41) is 3.41. The molecule has 1 N–H and O–H groups in total. The van der Waals surface area contributed by atoms with Crippen LogP contribution in [0.15, 0.2) is 22.9 Å². The molecule has 1 rings (SSSR count). The van der Waals surface area contributed by atoms with Crippen LogP contribution < -0.4 is 5.32 Å². The van der Waals surface area contributed by atoms with E-state index in [4.69, 9.17) is 0 Å². The van der Waals surface area contributed by atoms with Gasteiger partial charge in [0.25, 0.3) is 0 Å². The molecule has 3 heteroatoms. The fourth-order valence-corrected chi connectivity index (χ4v) is 1.40. The van der Waals surface area contributed by atoms with Gasteiger partial charge >= 0.3 is 0 Å². The van der Waals surface area contributed by atoms with E-state index in [9.17, 15) is 0 Å². The smallest absolute Gasteiger partial charge is 0.0410 e. The number of nitrogens with one attached hydrogen (secondary N) is 1. The lowest BCUT2D eigenvalue weighted by atomic mass is 10.2.